The predicted molar refractivity (Wildman–Crippen MR) is 126 cm³/mol. The number of hydrogen-bond donors (Lipinski definition) is 2. The summed E-state index contributed by atoms with van der Waals surface area (Å²) < 4.78 is 0. The molecule has 0 atom stereocenters. The fraction of sp³-hybridized carbons (Fsp3) is 0.318. The molecule has 5 rings (SSSR count). The van der Waals surface area contributed by atoms with Gasteiger partial charge < -0.3 is 15.5 Å². The highest BCUT2D eigenvalue weighted by Gasteiger charge is 2.35. The Kier molecular flexibility index (Phi) is 4.81. The van der Waals surface area contributed by atoms with Gasteiger partial charge >= 0.3 is 0 Å². The Hall–Kier alpha value is -3.53. The van der Waals surface area contributed by atoms with Crippen LogP contribution >= 0.6 is 11.3 Å². The topological polar surface area (TPSA) is 103 Å². The Morgan fingerprint density at radius 2 is 2.00 bits per heavy atom. The molecule has 1 aromatic carbocycles. The Morgan fingerprint density at radius 1 is 1.19 bits per heavy atom. The van der Waals surface area contributed by atoms with Crippen LogP contribution in [0.15, 0.2) is 24.4 Å². The SMILES string of the molecule is Cc1nc2c(s1)N(C)c1nc(Nc3ccc4c(c3)CCC(=O)N4)ncc1N(C(C)C)C2=O. The van der Waals surface area contributed by atoms with Crippen LogP contribution in [0.3, 0.4) is 0 Å². The summed E-state index contributed by atoms with van der Waals surface area (Å²) in [5, 5.41) is 7.75. The largest absolute Gasteiger partial charge is 0.326 e. The summed E-state index contributed by atoms with van der Waals surface area (Å²) >= 11 is 1.47. The smallest absolute Gasteiger partial charge is 0.280 e. The molecule has 3 aromatic rings. The zero-order valence-electron chi connectivity index (χ0n) is 18.3. The van der Waals surface area contributed by atoms with Gasteiger partial charge in [0.1, 0.15) is 10.7 Å². The fourth-order valence-corrected chi connectivity index (χ4v) is 4.92. The van der Waals surface area contributed by atoms with E-state index < -0.39 is 0 Å². The summed E-state index contributed by atoms with van der Waals surface area (Å²) in [5.41, 5.74) is 3.83. The third kappa shape index (κ3) is 3.36. The van der Waals surface area contributed by atoms with Gasteiger partial charge in [0.05, 0.1) is 11.2 Å². The number of thiazole rings is 1. The normalized spacial score (nSPS) is 15.2. The van der Waals surface area contributed by atoms with Crippen molar-refractivity contribution in [3.8, 4) is 0 Å². The van der Waals surface area contributed by atoms with Gasteiger partial charge in [-0.2, -0.15) is 4.98 Å². The first-order valence-electron chi connectivity index (χ1n) is 10.4. The number of nitrogens with one attached hydrogen (secondary N) is 2. The minimum atomic E-state index is -0.147. The lowest BCUT2D eigenvalue weighted by molar-refractivity contribution is -0.116. The second-order valence-corrected chi connectivity index (χ2v) is 9.34. The summed E-state index contributed by atoms with van der Waals surface area (Å²) in [6, 6.07) is 5.69. The second-order valence-electron chi connectivity index (χ2n) is 8.16. The van der Waals surface area contributed by atoms with E-state index in [0.717, 1.165) is 26.9 Å². The highest BCUT2D eigenvalue weighted by Crippen LogP contribution is 2.42. The van der Waals surface area contributed by atoms with Gasteiger partial charge in [0.2, 0.25) is 11.9 Å². The molecule has 9 nitrogen and oxygen atoms in total. The number of aryl methyl sites for hydroxylation is 2. The van der Waals surface area contributed by atoms with Crippen LogP contribution in [0.4, 0.5) is 33.8 Å². The number of benzene rings is 1. The molecule has 0 unspecified atom stereocenters. The fourth-order valence-electron chi connectivity index (χ4n) is 4.05. The number of hydrogen-bond acceptors (Lipinski definition) is 8. The Morgan fingerprint density at radius 3 is 2.78 bits per heavy atom. The van der Waals surface area contributed by atoms with E-state index in [1.54, 1.807) is 11.1 Å². The van der Waals surface area contributed by atoms with Crippen LogP contribution in [0.1, 0.15) is 41.3 Å². The van der Waals surface area contributed by atoms with Crippen molar-refractivity contribution in [3.05, 3.63) is 40.7 Å². The molecule has 10 heteroatoms. The minimum Gasteiger partial charge on any atom is -0.326 e. The molecular weight excluding hydrogens is 426 g/mol. The average molecular weight is 450 g/mol. The van der Waals surface area contributed by atoms with E-state index in [9.17, 15) is 9.59 Å². The first-order chi connectivity index (χ1) is 15.3. The van der Waals surface area contributed by atoms with Crippen molar-refractivity contribution in [1.29, 1.82) is 0 Å². The molecule has 4 heterocycles. The first-order valence-corrected chi connectivity index (χ1v) is 11.2. The number of nitrogens with zero attached hydrogens (tertiary/aromatic N) is 5. The summed E-state index contributed by atoms with van der Waals surface area (Å²) in [7, 11) is 1.89. The molecule has 0 bridgehead atoms. The van der Waals surface area contributed by atoms with Gasteiger partial charge in [0.15, 0.2) is 11.5 Å². The standard InChI is InChI=1S/C22H23N7O2S/c1-11(2)29-16-10-23-22(25-14-6-7-15-13(9-14)5-8-17(30)26-15)27-19(16)28(4)21-18(20(29)31)24-12(3)32-21/h6-7,9-11H,5,8H2,1-4H3,(H,26,30)(H,23,25,27). The van der Waals surface area contributed by atoms with Gasteiger partial charge in [0.25, 0.3) is 5.91 Å². The molecule has 0 radical (unpaired) electrons. The quantitative estimate of drug-likeness (QED) is 0.623. The molecule has 2 aliphatic heterocycles. The lowest BCUT2D eigenvalue weighted by Crippen LogP contribution is -2.37. The number of carbonyl (C=O) groups is 2. The summed E-state index contributed by atoms with van der Waals surface area (Å²) in [6.07, 6.45) is 2.86. The molecule has 32 heavy (non-hydrogen) atoms. The van der Waals surface area contributed by atoms with E-state index in [1.807, 2.05) is 50.9 Å². The van der Waals surface area contributed by atoms with Crippen molar-refractivity contribution in [1.82, 2.24) is 15.0 Å². The molecular formula is C22H23N7O2S. The van der Waals surface area contributed by atoms with E-state index in [0.29, 0.717) is 36.0 Å². The van der Waals surface area contributed by atoms with Crippen LogP contribution in [0.25, 0.3) is 0 Å². The molecule has 0 aliphatic carbocycles. The van der Waals surface area contributed by atoms with E-state index in [1.165, 1.54) is 11.3 Å². The summed E-state index contributed by atoms with van der Waals surface area (Å²) in [4.78, 5) is 42.2. The first kappa shape index (κ1) is 20.4. The maximum absolute atomic E-state index is 13.3. The van der Waals surface area contributed by atoms with Crippen molar-refractivity contribution >= 4 is 57.0 Å². The van der Waals surface area contributed by atoms with Crippen molar-refractivity contribution in [2.24, 2.45) is 0 Å². The molecule has 0 fully saturated rings. The van der Waals surface area contributed by atoms with E-state index in [-0.39, 0.29) is 17.9 Å². The van der Waals surface area contributed by atoms with Gasteiger partial charge in [-0.05, 0) is 51.0 Å². The molecule has 0 spiro atoms. The van der Waals surface area contributed by atoms with Crippen molar-refractivity contribution in [2.75, 3.05) is 27.5 Å². The van der Waals surface area contributed by atoms with Crippen LogP contribution in [0, 0.1) is 6.92 Å². The van der Waals surface area contributed by atoms with Gasteiger partial charge in [-0.15, -0.1) is 11.3 Å². The Balaban J connectivity index is 1.54. The maximum Gasteiger partial charge on any atom is 0.280 e. The molecule has 0 saturated heterocycles. The molecule has 164 valence electrons. The Labute approximate surface area is 189 Å². The maximum atomic E-state index is 13.3. The zero-order valence-corrected chi connectivity index (χ0v) is 19.1. The number of anilines is 6. The number of rotatable bonds is 3. The molecule has 2 aromatic heterocycles. The van der Waals surface area contributed by atoms with Gasteiger partial charge in [0, 0.05) is 30.9 Å². The molecule has 2 amide bonds. The number of carbonyl (C=O) groups excluding carboxylic acids is 2. The van der Waals surface area contributed by atoms with Crippen LogP contribution in [-0.4, -0.2) is 39.9 Å². The summed E-state index contributed by atoms with van der Waals surface area (Å²) in [5.74, 6) is 0.955. The van der Waals surface area contributed by atoms with Crippen LogP contribution < -0.4 is 20.4 Å². The van der Waals surface area contributed by atoms with Crippen LogP contribution in [-0.2, 0) is 11.2 Å². The zero-order chi connectivity index (χ0) is 22.6. The number of aromatic nitrogens is 3. The molecule has 2 aliphatic rings. The highest BCUT2D eigenvalue weighted by atomic mass is 32.1. The van der Waals surface area contributed by atoms with Crippen LogP contribution in [0.5, 0.6) is 0 Å². The van der Waals surface area contributed by atoms with E-state index in [4.69, 9.17) is 4.98 Å². The second kappa shape index (κ2) is 7.56. The number of fused-ring (bicyclic) bond motifs is 3. The third-order valence-corrected chi connectivity index (χ3v) is 6.59. The Bertz CT molecular complexity index is 1250. The average Bonchev–Trinajstić information content (AvgIpc) is 3.12. The predicted octanol–water partition coefficient (Wildman–Crippen LogP) is 4.01. The monoisotopic (exact) mass is 449 g/mol. The minimum absolute atomic E-state index is 0.0391. The van der Waals surface area contributed by atoms with Crippen molar-refractivity contribution in [2.45, 2.75) is 39.7 Å². The van der Waals surface area contributed by atoms with E-state index >= 15 is 0 Å². The van der Waals surface area contributed by atoms with Crippen molar-refractivity contribution < 1.29 is 9.59 Å². The van der Waals surface area contributed by atoms with Gasteiger partial charge in [-0.1, -0.05) is 0 Å². The lowest BCUT2D eigenvalue weighted by atomic mass is 10.0. The lowest BCUT2D eigenvalue weighted by Gasteiger charge is -2.26. The molecule has 2 N–H and O–H groups in total. The van der Waals surface area contributed by atoms with Crippen molar-refractivity contribution in [3.63, 3.8) is 0 Å². The van der Waals surface area contributed by atoms with Gasteiger partial charge in [-0.3, -0.25) is 14.5 Å². The van der Waals surface area contributed by atoms with Gasteiger partial charge in [-0.25, -0.2) is 9.97 Å². The third-order valence-electron chi connectivity index (χ3n) is 5.54. The van der Waals surface area contributed by atoms with Crippen LogP contribution in [0.2, 0.25) is 0 Å². The molecule has 0 saturated carbocycles. The van der Waals surface area contributed by atoms with E-state index in [2.05, 4.69) is 20.6 Å². The summed E-state index contributed by atoms with van der Waals surface area (Å²) in [6.45, 7) is 5.82. The number of amides is 2. The highest BCUT2D eigenvalue weighted by molar-refractivity contribution is 7.16.